The number of rotatable bonds is 21. The average Bonchev–Trinajstić information content (AvgIpc) is 3.58. The van der Waals surface area contributed by atoms with E-state index in [9.17, 15) is 29.1 Å². The maximum atomic E-state index is 14.0. The monoisotopic (exact) mass is 836 g/mol. The summed E-state index contributed by atoms with van der Waals surface area (Å²) >= 11 is 1.49. The molecule has 1 aromatic heterocycles. The van der Waals surface area contributed by atoms with Gasteiger partial charge in [-0.05, 0) is 122 Å². The van der Waals surface area contributed by atoms with Gasteiger partial charge in [-0.2, -0.15) is 0 Å². The second-order valence-electron chi connectivity index (χ2n) is 16.7. The Morgan fingerprint density at radius 1 is 0.767 bits per heavy atom. The van der Waals surface area contributed by atoms with E-state index in [2.05, 4.69) is 29.4 Å². The number of carboxylic acid groups (broad SMARTS) is 2. The van der Waals surface area contributed by atoms with Crippen molar-refractivity contribution in [1.82, 2.24) is 9.80 Å². The molecule has 0 unspecified atom stereocenters. The summed E-state index contributed by atoms with van der Waals surface area (Å²) in [7, 11) is 1.77. The molecule has 320 valence electrons. The van der Waals surface area contributed by atoms with Gasteiger partial charge in [0.25, 0.3) is 11.8 Å². The highest BCUT2D eigenvalue weighted by Crippen LogP contribution is 2.39. The zero-order valence-electron chi connectivity index (χ0n) is 35.6. The van der Waals surface area contributed by atoms with Gasteiger partial charge >= 0.3 is 11.9 Å². The fourth-order valence-electron chi connectivity index (χ4n) is 8.01. The third-order valence-corrected chi connectivity index (χ3v) is 12.6. The predicted molar refractivity (Wildman–Crippen MR) is 238 cm³/mol. The van der Waals surface area contributed by atoms with Gasteiger partial charge in [-0.1, -0.05) is 64.1 Å². The molecule has 3 amide bonds. The molecular weight excluding hydrogens is 777 g/mol. The minimum absolute atomic E-state index is 0.0624. The molecule has 4 N–H and O–H groups in total. The van der Waals surface area contributed by atoms with Crippen molar-refractivity contribution in [3.63, 3.8) is 0 Å². The number of amides is 3. The van der Waals surface area contributed by atoms with Crippen LogP contribution in [0.15, 0.2) is 72.8 Å². The molecule has 11 nitrogen and oxygen atoms in total. The van der Waals surface area contributed by atoms with Crippen molar-refractivity contribution in [2.24, 2.45) is 5.41 Å². The lowest BCUT2D eigenvalue weighted by molar-refractivity contribution is -0.140. The maximum Gasteiger partial charge on any atom is 0.335 e. The Hall–Kier alpha value is -5.33. The first-order chi connectivity index (χ1) is 28.7. The van der Waals surface area contributed by atoms with Crippen LogP contribution >= 0.6 is 11.3 Å². The zero-order chi connectivity index (χ0) is 43.4. The van der Waals surface area contributed by atoms with E-state index in [-0.39, 0.29) is 36.1 Å². The Balaban J connectivity index is 1.22. The molecule has 0 bridgehead atoms. The Kier molecular flexibility index (Phi) is 16.2. The first-order valence-electron chi connectivity index (χ1n) is 21.1. The summed E-state index contributed by atoms with van der Waals surface area (Å²) in [6.45, 7) is 9.90. The van der Waals surface area contributed by atoms with Crippen molar-refractivity contribution in [3.8, 4) is 0 Å². The summed E-state index contributed by atoms with van der Waals surface area (Å²) in [5.74, 6) is -2.44. The van der Waals surface area contributed by atoms with Crippen LogP contribution in [-0.2, 0) is 41.8 Å². The highest BCUT2D eigenvalue weighted by atomic mass is 32.1. The van der Waals surface area contributed by atoms with Crippen molar-refractivity contribution in [2.45, 2.75) is 111 Å². The van der Waals surface area contributed by atoms with E-state index in [4.69, 9.17) is 5.11 Å². The van der Waals surface area contributed by atoms with Crippen molar-refractivity contribution in [3.05, 3.63) is 117 Å². The SMILES string of the molecule is CCC(CC)N(CCCN(C)C(=O)CC(C)(C)CC(=O)O)Cc1cccc(C(=O)Nc2sc3c(c2C(=O)Nc2ccc(CCc4ccc(C(=O)O)cc4)cc2)CCCC3)c1. The number of thiophene rings is 1. The maximum absolute atomic E-state index is 14.0. The van der Waals surface area contributed by atoms with Gasteiger partial charge in [0.05, 0.1) is 17.5 Å². The molecule has 0 aliphatic heterocycles. The lowest BCUT2D eigenvalue weighted by atomic mass is 9.85. The van der Waals surface area contributed by atoms with Crippen molar-refractivity contribution >= 4 is 51.7 Å². The topological polar surface area (TPSA) is 156 Å². The molecule has 1 heterocycles. The minimum Gasteiger partial charge on any atom is -0.481 e. The number of hydrogen-bond donors (Lipinski definition) is 4. The van der Waals surface area contributed by atoms with Crippen LogP contribution in [0.3, 0.4) is 0 Å². The molecule has 0 atom stereocenters. The van der Waals surface area contributed by atoms with E-state index in [1.54, 1.807) is 44.0 Å². The Morgan fingerprint density at radius 2 is 1.42 bits per heavy atom. The second kappa shape index (κ2) is 21.3. The van der Waals surface area contributed by atoms with Crippen molar-refractivity contribution in [1.29, 1.82) is 0 Å². The molecule has 60 heavy (non-hydrogen) atoms. The molecule has 4 aromatic rings. The lowest BCUT2D eigenvalue weighted by Gasteiger charge is -2.32. The largest absolute Gasteiger partial charge is 0.481 e. The van der Waals surface area contributed by atoms with Gasteiger partial charge in [0.15, 0.2) is 0 Å². The van der Waals surface area contributed by atoms with Gasteiger partial charge in [-0.3, -0.25) is 24.1 Å². The average molecular weight is 837 g/mol. The van der Waals surface area contributed by atoms with E-state index < -0.39 is 17.4 Å². The van der Waals surface area contributed by atoms with Gasteiger partial charge in [0.1, 0.15) is 5.00 Å². The fourth-order valence-corrected chi connectivity index (χ4v) is 9.30. The summed E-state index contributed by atoms with van der Waals surface area (Å²) in [6.07, 6.45) is 7.99. The third-order valence-electron chi connectivity index (χ3n) is 11.4. The van der Waals surface area contributed by atoms with Gasteiger partial charge in [-0.15, -0.1) is 11.3 Å². The molecular formula is C48H60N4O7S. The molecule has 0 fully saturated rings. The van der Waals surface area contributed by atoms with E-state index in [0.717, 1.165) is 91.5 Å². The van der Waals surface area contributed by atoms with E-state index >= 15 is 0 Å². The molecule has 1 aliphatic carbocycles. The van der Waals surface area contributed by atoms with E-state index in [1.165, 1.54) is 11.3 Å². The van der Waals surface area contributed by atoms with Crippen LogP contribution in [0.5, 0.6) is 0 Å². The van der Waals surface area contributed by atoms with Crippen LogP contribution in [0.1, 0.15) is 131 Å². The molecule has 0 spiro atoms. The van der Waals surface area contributed by atoms with Crippen molar-refractivity contribution in [2.75, 3.05) is 30.8 Å². The highest BCUT2D eigenvalue weighted by Gasteiger charge is 2.28. The van der Waals surface area contributed by atoms with Crippen LogP contribution in [0.2, 0.25) is 0 Å². The number of fused-ring (bicyclic) bond motifs is 1. The number of aliphatic carboxylic acids is 1. The summed E-state index contributed by atoms with van der Waals surface area (Å²) in [5, 5.41) is 25.1. The Morgan fingerprint density at radius 3 is 2.05 bits per heavy atom. The van der Waals surface area contributed by atoms with Crippen LogP contribution in [-0.4, -0.2) is 75.9 Å². The van der Waals surface area contributed by atoms with E-state index in [0.29, 0.717) is 40.9 Å². The summed E-state index contributed by atoms with van der Waals surface area (Å²) < 4.78 is 0. The fraction of sp³-hybridized carbons (Fsp3) is 0.438. The Labute approximate surface area is 358 Å². The van der Waals surface area contributed by atoms with Gasteiger partial charge in [0, 0.05) is 55.3 Å². The van der Waals surface area contributed by atoms with Crippen LogP contribution in [0.25, 0.3) is 0 Å². The number of carbonyl (C=O) groups excluding carboxylic acids is 3. The third kappa shape index (κ3) is 12.8. The van der Waals surface area contributed by atoms with Crippen LogP contribution in [0, 0.1) is 5.41 Å². The van der Waals surface area contributed by atoms with Gasteiger partial charge in [0.2, 0.25) is 5.91 Å². The van der Waals surface area contributed by atoms with E-state index in [1.807, 2.05) is 54.6 Å². The number of nitrogens with one attached hydrogen (secondary N) is 2. The van der Waals surface area contributed by atoms with Crippen molar-refractivity contribution < 1.29 is 34.2 Å². The first-order valence-corrected chi connectivity index (χ1v) is 21.9. The number of anilines is 2. The zero-order valence-corrected chi connectivity index (χ0v) is 36.5. The summed E-state index contributed by atoms with van der Waals surface area (Å²) in [6, 6.07) is 22.6. The normalized spacial score (nSPS) is 12.6. The minimum atomic E-state index is -0.943. The number of hydrogen-bond acceptors (Lipinski definition) is 7. The quantitative estimate of drug-likeness (QED) is 0.0647. The lowest BCUT2D eigenvalue weighted by Crippen LogP contribution is -2.37. The van der Waals surface area contributed by atoms with Crippen LogP contribution < -0.4 is 10.6 Å². The molecule has 5 rings (SSSR count). The molecule has 0 saturated carbocycles. The number of nitrogens with zero attached hydrogens (tertiary/aromatic N) is 2. The standard InChI is InChI=1S/C48H60N4O7S/c1-6-38(7-2)52(27-11-26-51(5)41(53)29-48(3,4)30-42(54)55)31-34-12-10-13-36(28-34)44(56)50-46-43(39-14-8-9-15-40(39)60-46)45(57)49-37-24-20-33(21-25-37)17-16-32-18-22-35(23-19-32)47(58)59/h10,12-13,18-25,28,38H,6-9,11,14-17,26-27,29-31H2,1-5H3,(H,49,57)(H,50,56)(H,54,55)(H,58,59). The van der Waals surface area contributed by atoms with Crippen LogP contribution in [0.4, 0.5) is 10.7 Å². The molecule has 12 heteroatoms. The van der Waals surface area contributed by atoms with Gasteiger partial charge in [-0.25, -0.2) is 4.79 Å². The predicted octanol–water partition coefficient (Wildman–Crippen LogP) is 9.35. The number of benzene rings is 3. The molecule has 0 saturated heterocycles. The Bertz CT molecular complexity index is 2120. The number of carboxylic acids is 2. The second-order valence-corrected chi connectivity index (χ2v) is 17.8. The summed E-state index contributed by atoms with van der Waals surface area (Å²) in [5.41, 5.74) is 5.50. The number of aryl methyl sites for hydroxylation is 3. The summed E-state index contributed by atoms with van der Waals surface area (Å²) in [4.78, 5) is 68.5. The number of aromatic carboxylic acids is 1. The molecule has 3 aromatic carbocycles. The van der Waals surface area contributed by atoms with Gasteiger partial charge < -0.3 is 25.7 Å². The first kappa shape index (κ1) is 45.7. The highest BCUT2D eigenvalue weighted by molar-refractivity contribution is 7.17. The number of carbonyl (C=O) groups is 5. The smallest absolute Gasteiger partial charge is 0.335 e. The molecule has 1 aliphatic rings. The molecule has 0 radical (unpaired) electrons.